The number of benzene rings is 1. The van der Waals surface area contributed by atoms with E-state index >= 15 is 0 Å². The van der Waals surface area contributed by atoms with Crippen molar-refractivity contribution in [2.45, 2.75) is 19.3 Å². The molecule has 1 saturated heterocycles. The summed E-state index contributed by atoms with van der Waals surface area (Å²) in [5, 5.41) is 0. The van der Waals surface area contributed by atoms with E-state index in [0.29, 0.717) is 30.6 Å². The zero-order valence-electron chi connectivity index (χ0n) is 11.7. The molecule has 2 rings (SSSR count). The highest BCUT2D eigenvalue weighted by Crippen LogP contribution is 2.28. The van der Waals surface area contributed by atoms with Crippen LogP contribution < -0.4 is 10.5 Å². The molecule has 2 N–H and O–H groups in total. The van der Waals surface area contributed by atoms with Gasteiger partial charge in [0.15, 0.2) is 9.84 Å². The summed E-state index contributed by atoms with van der Waals surface area (Å²) in [5.74, 6) is 2.05. The molecule has 0 saturated carbocycles. The maximum absolute atomic E-state index is 11.5. The lowest BCUT2D eigenvalue weighted by Gasteiger charge is -2.20. The number of sulfone groups is 1. The minimum Gasteiger partial charge on any atom is -0.494 e. The van der Waals surface area contributed by atoms with E-state index in [9.17, 15) is 8.42 Å². The van der Waals surface area contributed by atoms with Crippen LogP contribution in [0.2, 0.25) is 0 Å². The average molecular weight is 297 g/mol. The average Bonchev–Trinajstić information content (AvgIpc) is 2.80. The summed E-state index contributed by atoms with van der Waals surface area (Å²) in [6.45, 7) is 1.21. The third-order valence-corrected chi connectivity index (χ3v) is 5.76. The highest BCUT2D eigenvalue weighted by atomic mass is 32.2. The van der Waals surface area contributed by atoms with Crippen molar-refractivity contribution < 1.29 is 13.2 Å². The number of nitrogens with two attached hydrogens (primary N) is 1. The largest absolute Gasteiger partial charge is 0.494 e. The van der Waals surface area contributed by atoms with Gasteiger partial charge in [-0.05, 0) is 49.8 Å². The van der Waals surface area contributed by atoms with Gasteiger partial charge in [0.05, 0.1) is 18.1 Å². The summed E-state index contributed by atoms with van der Waals surface area (Å²) in [6, 6.07) is 9.72. The summed E-state index contributed by atoms with van der Waals surface area (Å²) in [4.78, 5) is 0. The molecule has 4 nitrogen and oxygen atoms in total. The van der Waals surface area contributed by atoms with Crippen LogP contribution in [-0.2, 0) is 9.84 Å². The fraction of sp³-hybridized carbons (Fsp3) is 0.600. The van der Waals surface area contributed by atoms with Crippen LogP contribution >= 0.6 is 0 Å². The van der Waals surface area contributed by atoms with E-state index in [1.54, 1.807) is 0 Å². The van der Waals surface area contributed by atoms with Crippen LogP contribution in [0.5, 0.6) is 5.75 Å². The van der Waals surface area contributed by atoms with Gasteiger partial charge in [-0.25, -0.2) is 8.42 Å². The Labute approximate surface area is 121 Å². The maximum Gasteiger partial charge on any atom is 0.150 e. The third kappa shape index (κ3) is 4.49. The first-order chi connectivity index (χ1) is 9.61. The van der Waals surface area contributed by atoms with Crippen LogP contribution in [0.4, 0.5) is 0 Å². The number of ether oxygens (including phenoxy) is 1. The highest BCUT2D eigenvalue weighted by Gasteiger charge is 2.32. The van der Waals surface area contributed by atoms with Gasteiger partial charge in [-0.15, -0.1) is 0 Å². The SMILES string of the molecule is NCC(CCCOc1ccccc1)C1CCS(=O)(=O)C1. The summed E-state index contributed by atoms with van der Waals surface area (Å²) >= 11 is 0. The van der Waals surface area contributed by atoms with Crippen LogP contribution in [0.1, 0.15) is 19.3 Å². The van der Waals surface area contributed by atoms with Gasteiger partial charge in [0, 0.05) is 0 Å². The van der Waals surface area contributed by atoms with Gasteiger partial charge < -0.3 is 10.5 Å². The molecule has 1 aromatic rings. The standard InChI is InChI=1S/C15H23NO3S/c16-11-13(14-8-10-20(17,18)12-14)5-4-9-19-15-6-2-1-3-7-15/h1-3,6-7,13-14H,4-5,8-12,16H2. The van der Waals surface area contributed by atoms with Crippen LogP contribution in [0, 0.1) is 11.8 Å². The predicted molar refractivity (Wildman–Crippen MR) is 80.5 cm³/mol. The lowest BCUT2D eigenvalue weighted by Crippen LogP contribution is -2.25. The van der Waals surface area contributed by atoms with Gasteiger partial charge in [-0.1, -0.05) is 18.2 Å². The molecule has 0 bridgehead atoms. The molecule has 2 unspecified atom stereocenters. The van der Waals surface area contributed by atoms with Crippen molar-refractivity contribution in [3.63, 3.8) is 0 Å². The number of para-hydroxylation sites is 1. The third-order valence-electron chi connectivity index (χ3n) is 3.97. The normalized spacial score (nSPS) is 22.6. The molecule has 2 atom stereocenters. The van der Waals surface area contributed by atoms with Crippen LogP contribution in [0.15, 0.2) is 30.3 Å². The molecule has 1 aliphatic heterocycles. The molecule has 0 amide bonds. The van der Waals surface area contributed by atoms with Crippen LogP contribution in [0.3, 0.4) is 0 Å². The van der Waals surface area contributed by atoms with Crippen molar-refractivity contribution in [1.82, 2.24) is 0 Å². The van der Waals surface area contributed by atoms with Gasteiger partial charge in [0.1, 0.15) is 5.75 Å². The minimum atomic E-state index is -2.81. The Bertz CT molecular complexity index is 501. The Morgan fingerprint density at radius 1 is 1.30 bits per heavy atom. The second-order valence-electron chi connectivity index (χ2n) is 5.46. The summed E-state index contributed by atoms with van der Waals surface area (Å²) in [6.07, 6.45) is 2.61. The monoisotopic (exact) mass is 297 g/mol. The lowest BCUT2D eigenvalue weighted by molar-refractivity contribution is 0.270. The zero-order valence-corrected chi connectivity index (χ0v) is 12.5. The highest BCUT2D eigenvalue weighted by molar-refractivity contribution is 7.91. The predicted octanol–water partition coefficient (Wildman–Crippen LogP) is 1.86. The molecule has 112 valence electrons. The van der Waals surface area contributed by atoms with Crippen molar-refractivity contribution in [2.75, 3.05) is 24.7 Å². The Kier molecular flexibility index (Phi) is 5.43. The van der Waals surface area contributed by atoms with Crippen LogP contribution in [-0.4, -0.2) is 33.1 Å². The van der Waals surface area contributed by atoms with E-state index in [2.05, 4.69) is 0 Å². The van der Waals surface area contributed by atoms with Gasteiger partial charge >= 0.3 is 0 Å². The molecular weight excluding hydrogens is 274 g/mol. The Morgan fingerprint density at radius 2 is 2.05 bits per heavy atom. The maximum atomic E-state index is 11.5. The zero-order chi connectivity index (χ0) is 14.4. The fourth-order valence-corrected chi connectivity index (χ4v) is 4.71. The smallest absolute Gasteiger partial charge is 0.150 e. The topological polar surface area (TPSA) is 69.4 Å². The molecule has 1 fully saturated rings. The summed E-state index contributed by atoms with van der Waals surface area (Å²) in [7, 11) is -2.81. The van der Waals surface area contributed by atoms with E-state index < -0.39 is 9.84 Å². The minimum absolute atomic E-state index is 0.238. The van der Waals surface area contributed by atoms with E-state index in [1.165, 1.54) is 0 Å². The molecular formula is C15H23NO3S. The van der Waals surface area contributed by atoms with E-state index in [4.69, 9.17) is 10.5 Å². The first-order valence-corrected chi connectivity index (χ1v) is 9.01. The van der Waals surface area contributed by atoms with E-state index in [1.807, 2.05) is 30.3 Å². The number of hydrogen-bond donors (Lipinski definition) is 1. The first-order valence-electron chi connectivity index (χ1n) is 7.19. The Hall–Kier alpha value is -1.07. The number of hydrogen-bond acceptors (Lipinski definition) is 4. The van der Waals surface area contributed by atoms with Gasteiger partial charge in [-0.3, -0.25) is 0 Å². The van der Waals surface area contributed by atoms with Crippen molar-refractivity contribution >= 4 is 9.84 Å². The lowest BCUT2D eigenvalue weighted by atomic mass is 9.88. The second kappa shape index (κ2) is 7.09. The summed E-state index contributed by atoms with van der Waals surface area (Å²) in [5.41, 5.74) is 5.80. The Morgan fingerprint density at radius 3 is 2.65 bits per heavy atom. The molecule has 0 aliphatic carbocycles. The summed E-state index contributed by atoms with van der Waals surface area (Å²) < 4.78 is 28.7. The first kappa shape index (κ1) is 15.3. The molecule has 0 radical (unpaired) electrons. The Balaban J connectivity index is 1.72. The quantitative estimate of drug-likeness (QED) is 0.780. The van der Waals surface area contributed by atoms with E-state index in [0.717, 1.165) is 25.0 Å². The van der Waals surface area contributed by atoms with Crippen molar-refractivity contribution in [3.05, 3.63) is 30.3 Å². The van der Waals surface area contributed by atoms with Gasteiger partial charge in [0.2, 0.25) is 0 Å². The van der Waals surface area contributed by atoms with E-state index in [-0.39, 0.29) is 5.92 Å². The molecule has 5 heteroatoms. The molecule has 1 heterocycles. The molecule has 0 spiro atoms. The van der Waals surface area contributed by atoms with Crippen molar-refractivity contribution in [2.24, 2.45) is 17.6 Å². The molecule has 0 aromatic heterocycles. The van der Waals surface area contributed by atoms with Gasteiger partial charge in [0.25, 0.3) is 0 Å². The van der Waals surface area contributed by atoms with Gasteiger partial charge in [-0.2, -0.15) is 0 Å². The van der Waals surface area contributed by atoms with Crippen molar-refractivity contribution in [3.8, 4) is 5.75 Å². The molecule has 1 aromatic carbocycles. The van der Waals surface area contributed by atoms with Crippen molar-refractivity contribution in [1.29, 1.82) is 0 Å². The second-order valence-corrected chi connectivity index (χ2v) is 7.69. The molecule has 1 aliphatic rings. The number of rotatable bonds is 7. The van der Waals surface area contributed by atoms with Crippen LogP contribution in [0.25, 0.3) is 0 Å². The fourth-order valence-electron chi connectivity index (χ4n) is 2.79. The molecule has 20 heavy (non-hydrogen) atoms.